The van der Waals surface area contributed by atoms with Crippen LogP contribution in [0, 0.1) is 11.3 Å². The molecule has 1 heterocycles. The molecule has 3 rings (SSSR count). The van der Waals surface area contributed by atoms with Gasteiger partial charge in [0.2, 0.25) is 11.6 Å². The SMILES string of the molecule is COc1ccc([C@H]2C(C#N)=C(N)OC3=C2C(=O)CCC3)c(OC)c1OC. The first-order valence-electron chi connectivity index (χ1n) is 8.20. The van der Waals surface area contributed by atoms with Gasteiger partial charge in [0, 0.05) is 24.0 Å². The first-order valence-corrected chi connectivity index (χ1v) is 8.20. The van der Waals surface area contributed by atoms with E-state index < -0.39 is 5.92 Å². The lowest BCUT2D eigenvalue weighted by Gasteiger charge is -2.32. The summed E-state index contributed by atoms with van der Waals surface area (Å²) in [7, 11) is 4.52. The van der Waals surface area contributed by atoms with E-state index in [1.54, 1.807) is 12.1 Å². The molecule has 2 aliphatic rings. The Morgan fingerprint density at radius 3 is 2.50 bits per heavy atom. The number of benzene rings is 1. The Bertz CT molecular complexity index is 863. The topological polar surface area (TPSA) is 104 Å². The van der Waals surface area contributed by atoms with Gasteiger partial charge < -0.3 is 24.7 Å². The Morgan fingerprint density at radius 1 is 1.15 bits per heavy atom. The second-order valence-electron chi connectivity index (χ2n) is 5.96. The van der Waals surface area contributed by atoms with Crippen LogP contribution in [0.2, 0.25) is 0 Å². The van der Waals surface area contributed by atoms with Gasteiger partial charge in [0.15, 0.2) is 17.3 Å². The van der Waals surface area contributed by atoms with Gasteiger partial charge in [-0.25, -0.2) is 0 Å². The maximum atomic E-state index is 12.7. The van der Waals surface area contributed by atoms with Crippen LogP contribution >= 0.6 is 0 Å². The van der Waals surface area contributed by atoms with Crippen molar-refractivity contribution in [1.29, 1.82) is 5.26 Å². The van der Waals surface area contributed by atoms with Crippen molar-refractivity contribution < 1.29 is 23.7 Å². The highest BCUT2D eigenvalue weighted by Crippen LogP contribution is 2.50. The summed E-state index contributed by atoms with van der Waals surface area (Å²) in [5, 5.41) is 9.66. The highest BCUT2D eigenvalue weighted by molar-refractivity contribution is 5.99. The predicted molar refractivity (Wildman–Crippen MR) is 92.6 cm³/mol. The molecule has 136 valence electrons. The van der Waals surface area contributed by atoms with Crippen molar-refractivity contribution in [1.82, 2.24) is 0 Å². The summed E-state index contributed by atoms with van der Waals surface area (Å²) in [6.45, 7) is 0. The van der Waals surface area contributed by atoms with Crippen molar-refractivity contribution in [2.75, 3.05) is 21.3 Å². The van der Waals surface area contributed by atoms with Crippen LogP contribution in [-0.2, 0) is 9.53 Å². The maximum Gasteiger partial charge on any atom is 0.205 e. The van der Waals surface area contributed by atoms with Gasteiger partial charge in [0.05, 0.1) is 27.2 Å². The number of ketones is 1. The van der Waals surface area contributed by atoms with Gasteiger partial charge in [0.1, 0.15) is 17.4 Å². The van der Waals surface area contributed by atoms with E-state index in [1.807, 2.05) is 0 Å². The number of ether oxygens (including phenoxy) is 4. The molecule has 0 amide bonds. The van der Waals surface area contributed by atoms with E-state index in [9.17, 15) is 10.1 Å². The number of hydrogen-bond acceptors (Lipinski definition) is 7. The molecule has 1 aliphatic carbocycles. The van der Waals surface area contributed by atoms with Crippen molar-refractivity contribution in [3.8, 4) is 23.3 Å². The Hall–Kier alpha value is -3.14. The van der Waals surface area contributed by atoms with Crippen molar-refractivity contribution >= 4 is 5.78 Å². The molecule has 7 heteroatoms. The number of nitrogens with two attached hydrogens (primary N) is 1. The zero-order valence-corrected chi connectivity index (χ0v) is 14.9. The standard InChI is InChI=1S/C19H20N2O5/c1-23-14-8-7-10(17(24-2)18(14)25-3)15-11(9-20)19(21)26-13-6-4-5-12(22)16(13)15/h7-8,15H,4-6,21H2,1-3H3/t15-/m0/s1. The molecular weight excluding hydrogens is 336 g/mol. The number of Topliss-reactive ketones (excluding diaryl/α,β-unsaturated/α-hetero) is 1. The lowest BCUT2D eigenvalue weighted by molar-refractivity contribution is -0.116. The lowest BCUT2D eigenvalue weighted by Crippen LogP contribution is -2.27. The van der Waals surface area contributed by atoms with Crippen LogP contribution in [0.1, 0.15) is 30.7 Å². The molecule has 1 aromatic carbocycles. The minimum absolute atomic E-state index is 0.0165. The third kappa shape index (κ3) is 2.64. The van der Waals surface area contributed by atoms with E-state index in [0.29, 0.717) is 53.4 Å². The number of nitrogens with zero attached hydrogens (tertiary/aromatic N) is 1. The fourth-order valence-electron chi connectivity index (χ4n) is 3.52. The Kier molecular flexibility index (Phi) is 4.76. The lowest BCUT2D eigenvalue weighted by atomic mass is 9.77. The van der Waals surface area contributed by atoms with Crippen molar-refractivity contribution in [3.63, 3.8) is 0 Å². The quantitative estimate of drug-likeness (QED) is 0.884. The van der Waals surface area contributed by atoms with E-state index in [-0.39, 0.29) is 17.2 Å². The minimum Gasteiger partial charge on any atom is -0.493 e. The van der Waals surface area contributed by atoms with E-state index in [2.05, 4.69) is 6.07 Å². The smallest absolute Gasteiger partial charge is 0.205 e. The molecular formula is C19H20N2O5. The van der Waals surface area contributed by atoms with Crippen LogP contribution in [0.5, 0.6) is 17.2 Å². The molecule has 1 aliphatic heterocycles. The van der Waals surface area contributed by atoms with Crippen molar-refractivity contribution in [2.24, 2.45) is 5.73 Å². The van der Waals surface area contributed by atoms with E-state index in [1.165, 1.54) is 21.3 Å². The highest BCUT2D eigenvalue weighted by Gasteiger charge is 2.40. The van der Waals surface area contributed by atoms with Gasteiger partial charge in [-0.3, -0.25) is 4.79 Å². The van der Waals surface area contributed by atoms with Crippen LogP contribution < -0.4 is 19.9 Å². The van der Waals surface area contributed by atoms with Gasteiger partial charge in [-0.1, -0.05) is 6.07 Å². The third-order valence-electron chi connectivity index (χ3n) is 4.65. The molecule has 7 nitrogen and oxygen atoms in total. The van der Waals surface area contributed by atoms with Gasteiger partial charge >= 0.3 is 0 Å². The molecule has 0 saturated heterocycles. The van der Waals surface area contributed by atoms with Crippen LogP contribution in [0.25, 0.3) is 0 Å². The summed E-state index contributed by atoms with van der Waals surface area (Å²) < 4.78 is 21.9. The minimum atomic E-state index is -0.661. The third-order valence-corrected chi connectivity index (χ3v) is 4.65. The summed E-state index contributed by atoms with van der Waals surface area (Å²) in [5.74, 6) is 1.10. The molecule has 0 fully saturated rings. The van der Waals surface area contributed by atoms with Crippen LogP contribution in [0.3, 0.4) is 0 Å². The monoisotopic (exact) mass is 356 g/mol. The van der Waals surface area contributed by atoms with Crippen molar-refractivity contribution in [2.45, 2.75) is 25.2 Å². The maximum absolute atomic E-state index is 12.7. The molecule has 1 aromatic rings. The average molecular weight is 356 g/mol. The molecule has 26 heavy (non-hydrogen) atoms. The zero-order valence-electron chi connectivity index (χ0n) is 14.9. The normalized spacial score (nSPS) is 19.5. The molecule has 2 N–H and O–H groups in total. The van der Waals surface area contributed by atoms with Crippen LogP contribution in [0.15, 0.2) is 34.9 Å². The van der Waals surface area contributed by atoms with E-state index >= 15 is 0 Å². The average Bonchev–Trinajstić information content (AvgIpc) is 2.65. The number of nitriles is 1. The predicted octanol–water partition coefficient (Wildman–Crippen LogP) is 2.53. The number of carbonyl (C=O) groups is 1. The van der Waals surface area contributed by atoms with E-state index in [4.69, 9.17) is 24.7 Å². The van der Waals surface area contributed by atoms with Gasteiger partial charge in [0.25, 0.3) is 0 Å². The van der Waals surface area contributed by atoms with Gasteiger partial charge in [-0.05, 0) is 12.5 Å². The number of rotatable bonds is 4. The van der Waals surface area contributed by atoms with Crippen LogP contribution in [0.4, 0.5) is 0 Å². The summed E-state index contributed by atoms with van der Waals surface area (Å²) in [6, 6.07) is 5.56. The molecule has 0 saturated carbocycles. The summed E-state index contributed by atoms with van der Waals surface area (Å²) >= 11 is 0. The fourth-order valence-corrected chi connectivity index (χ4v) is 3.52. The Labute approximate surface area is 151 Å². The number of allylic oxidation sites excluding steroid dienone is 3. The number of hydrogen-bond donors (Lipinski definition) is 1. The molecule has 0 unspecified atom stereocenters. The summed E-state index contributed by atoms with van der Waals surface area (Å²) in [6.07, 6.45) is 1.71. The second kappa shape index (κ2) is 7.00. The van der Waals surface area contributed by atoms with E-state index in [0.717, 1.165) is 0 Å². The summed E-state index contributed by atoms with van der Waals surface area (Å²) in [4.78, 5) is 12.7. The van der Waals surface area contributed by atoms with Crippen LogP contribution in [-0.4, -0.2) is 27.1 Å². The number of carbonyl (C=O) groups excluding carboxylic acids is 1. The second-order valence-corrected chi connectivity index (χ2v) is 5.96. The zero-order chi connectivity index (χ0) is 18.8. The van der Waals surface area contributed by atoms with Crippen molar-refractivity contribution in [3.05, 3.63) is 40.5 Å². The molecule has 0 radical (unpaired) electrons. The fraction of sp³-hybridized carbons (Fsp3) is 0.368. The Balaban J connectivity index is 2.28. The molecule has 1 atom stereocenters. The number of methoxy groups -OCH3 is 3. The van der Waals surface area contributed by atoms with Gasteiger partial charge in [-0.2, -0.15) is 5.26 Å². The first-order chi connectivity index (χ1) is 12.6. The largest absolute Gasteiger partial charge is 0.493 e. The Morgan fingerprint density at radius 2 is 1.88 bits per heavy atom. The first kappa shape index (κ1) is 17.7. The highest BCUT2D eigenvalue weighted by atomic mass is 16.5. The molecule has 0 spiro atoms. The summed E-state index contributed by atoms with van der Waals surface area (Å²) in [5.41, 5.74) is 7.24. The van der Waals surface area contributed by atoms with Gasteiger partial charge in [-0.15, -0.1) is 0 Å². The molecule has 0 bridgehead atoms. The molecule has 0 aromatic heterocycles.